The number of carbonyl (C=O) groups is 1. The van der Waals surface area contributed by atoms with Crippen LogP contribution in [0.1, 0.15) is 54.1 Å². The Bertz CT molecular complexity index is 1260. The Balaban J connectivity index is 1.31. The van der Waals surface area contributed by atoms with Crippen LogP contribution in [-0.4, -0.2) is 43.6 Å². The largest absolute Gasteiger partial charge is 0.459 e. The molecular formula is C26H30N6O2. The van der Waals surface area contributed by atoms with Gasteiger partial charge in [0.25, 0.3) is 5.91 Å². The molecule has 0 fully saturated rings. The lowest BCUT2D eigenvalue weighted by atomic mass is 10.0. The second-order valence-electron chi connectivity index (χ2n) is 9.32. The third kappa shape index (κ3) is 4.87. The molecule has 0 spiro atoms. The van der Waals surface area contributed by atoms with Gasteiger partial charge in [-0.1, -0.05) is 26.0 Å². The van der Waals surface area contributed by atoms with Crippen molar-refractivity contribution in [2.24, 2.45) is 5.92 Å². The van der Waals surface area contributed by atoms with E-state index in [9.17, 15) is 4.79 Å². The van der Waals surface area contributed by atoms with Crippen LogP contribution in [-0.2, 0) is 19.5 Å². The number of amides is 1. The Morgan fingerprint density at radius 1 is 1.12 bits per heavy atom. The number of hydrogen-bond acceptors (Lipinski definition) is 6. The number of nitrogens with zero attached hydrogens (tertiary/aromatic N) is 5. The van der Waals surface area contributed by atoms with Crippen molar-refractivity contribution in [3.05, 3.63) is 77.9 Å². The van der Waals surface area contributed by atoms with Crippen LogP contribution < -0.4 is 5.32 Å². The topological polar surface area (TPSA) is 89.1 Å². The van der Waals surface area contributed by atoms with Gasteiger partial charge in [0.05, 0.1) is 17.8 Å². The third-order valence-electron chi connectivity index (χ3n) is 6.29. The molecule has 0 saturated carbocycles. The Labute approximate surface area is 199 Å². The van der Waals surface area contributed by atoms with Crippen LogP contribution in [0.3, 0.4) is 0 Å². The van der Waals surface area contributed by atoms with Gasteiger partial charge in [0.1, 0.15) is 5.82 Å². The summed E-state index contributed by atoms with van der Waals surface area (Å²) in [4.78, 5) is 19.6. The first-order valence-corrected chi connectivity index (χ1v) is 11.9. The van der Waals surface area contributed by atoms with Crippen molar-refractivity contribution in [1.29, 1.82) is 0 Å². The van der Waals surface area contributed by atoms with Crippen molar-refractivity contribution in [3.8, 4) is 0 Å². The van der Waals surface area contributed by atoms with E-state index in [0.29, 0.717) is 11.7 Å². The molecule has 5 rings (SSSR count). The van der Waals surface area contributed by atoms with Crippen LogP contribution in [0.4, 0.5) is 0 Å². The fourth-order valence-electron chi connectivity index (χ4n) is 4.62. The van der Waals surface area contributed by atoms with Crippen LogP contribution in [0.15, 0.2) is 59.3 Å². The lowest BCUT2D eigenvalue weighted by Crippen LogP contribution is -2.32. The highest BCUT2D eigenvalue weighted by Crippen LogP contribution is 2.23. The molecule has 0 aliphatic carbocycles. The molecule has 0 radical (unpaired) electrons. The Hall–Kier alpha value is -3.52. The molecule has 1 aliphatic heterocycles. The summed E-state index contributed by atoms with van der Waals surface area (Å²) in [5, 5.41) is 13.3. The number of benzene rings is 1. The van der Waals surface area contributed by atoms with Crippen LogP contribution in [0.25, 0.3) is 10.9 Å². The molecule has 34 heavy (non-hydrogen) atoms. The summed E-state index contributed by atoms with van der Waals surface area (Å²) in [5.74, 6) is 2.26. The number of aromatic nitrogens is 4. The SMILES string of the molecule is CC(C)CC(NC(=O)c1ccco1)c1nnc2n1CCN(Cc1ccc3ncccc3c1)CC2. The monoisotopic (exact) mass is 458 g/mol. The molecule has 0 bridgehead atoms. The molecule has 1 N–H and O–H groups in total. The van der Waals surface area contributed by atoms with Crippen molar-refractivity contribution in [2.75, 3.05) is 13.1 Å². The second kappa shape index (κ2) is 9.77. The minimum absolute atomic E-state index is 0.224. The summed E-state index contributed by atoms with van der Waals surface area (Å²) in [6, 6.07) is 13.7. The van der Waals surface area contributed by atoms with E-state index in [2.05, 4.69) is 68.1 Å². The number of carbonyl (C=O) groups excluding carboxylic acids is 1. The highest BCUT2D eigenvalue weighted by molar-refractivity contribution is 5.91. The molecule has 1 unspecified atom stereocenters. The number of furan rings is 1. The highest BCUT2D eigenvalue weighted by Gasteiger charge is 2.27. The van der Waals surface area contributed by atoms with Gasteiger partial charge in [-0.05, 0) is 48.2 Å². The van der Waals surface area contributed by atoms with Crippen molar-refractivity contribution in [3.63, 3.8) is 0 Å². The van der Waals surface area contributed by atoms with Gasteiger partial charge in [-0.25, -0.2) is 0 Å². The molecule has 1 aliphatic rings. The quantitative estimate of drug-likeness (QED) is 0.450. The van der Waals surface area contributed by atoms with E-state index < -0.39 is 0 Å². The van der Waals surface area contributed by atoms with Gasteiger partial charge in [-0.3, -0.25) is 14.7 Å². The molecule has 1 atom stereocenters. The Morgan fingerprint density at radius 2 is 2.03 bits per heavy atom. The van der Waals surface area contributed by atoms with Gasteiger partial charge in [0.2, 0.25) is 0 Å². The standard InChI is InChI=1S/C26H30N6O2/c1-18(2)15-22(28-26(33)23-6-4-14-34-23)25-30-29-24-9-11-31(12-13-32(24)25)17-19-7-8-21-20(16-19)5-3-10-27-21/h3-8,10,14,16,18,22H,9,11-13,15,17H2,1-2H3,(H,28,33). The maximum atomic E-state index is 12.7. The smallest absolute Gasteiger partial charge is 0.287 e. The fraction of sp³-hybridized carbons (Fsp3) is 0.385. The van der Waals surface area contributed by atoms with E-state index in [0.717, 1.165) is 61.6 Å². The molecule has 176 valence electrons. The van der Waals surface area contributed by atoms with E-state index >= 15 is 0 Å². The average molecular weight is 459 g/mol. The summed E-state index contributed by atoms with van der Waals surface area (Å²) < 4.78 is 7.48. The van der Waals surface area contributed by atoms with E-state index in [-0.39, 0.29) is 11.9 Å². The van der Waals surface area contributed by atoms with Gasteiger partial charge in [0.15, 0.2) is 11.6 Å². The first-order chi connectivity index (χ1) is 16.6. The first-order valence-electron chi connectivity index (χ1n) is 11.9. The summed E-state index contributed by atoms with van der Waals surface area (Å²) in [7, 11) is 0. The van der Waals surface area contributed by atoms with Crippen molar-refractivity contribution in [1.82, 2.24) is 30.0 Å². The average Bonchev–Trinajstić information content (AvgIpc) is 3.47. The van der Waals surface area contributed by atoms with E-state index in [1.54, 1.807) is 12.1 Å². The van der Waals surface area contributed by atoms with Gasteiger partial charge in [0, 0.05) is 44.2 Å². The summed E-state index contributed by atoms with van der Waals surface area (Å²) >= 11 is 0. The van der Waals surface area contributed by atoms with Crippen molar-refractivity contribution >= 4 is 16.8 Å². The summed E-state index contributed by atoms with van der Waals surface area (Å²) in [6.45, 7) is 7.76. The zero-order valence-corrected chi connectivity index (χ0v) is 19.6. The molecule has 3 aromatic heterocycles. The number of rotatable bonds is 7. The van der Waals surface area contributed by atoms with Crippen molar-refractivity contribution in [2.45, 2.75) is 45.8 Å². The maximum Gasteiger partial charge on any atom is 0.287 e. The number of pyridine rings is 1. The normalized spacial score (nSPS) is 15.3. The predicted octanol–water partition coefficient (Wildman–Crippen LogP) is 3.99. The number of hydrogen-bond donors (Lipinski definition) is 1. The zero-order chi connectivity index (χ0) is 23.5. The minimum atomic E-state index is -0.228. The first kappa shape index (κ1) is 22.3. The molecule has 4 heterocycles. The molecular weight excluding hydrogens is 428 g/mol. The lowest BCUT2D eigenvalue weighted by molar-refractivity contribution is 0.0900. The van der Waals surface area contributed by atoms with Crippen LogP contribution >= 0.6 is 0 Å². The fourth-order valence-corrected chi connectivity index (χ4v) is 4.62. The van der Waals surface area contributed by atoms with Crippen LogP contribution in [0, 0.1) is 5.92 Å². The Morgan fingerprint density at radius 3 is 2.85 bits per heavy atom. The van der Waals surface area contributed by atoms with E-state index in [1.807, 2.05) is 12.3 Å². The summed E-state index contributed by atoms with van der Waals surface area (Å²) in [6.07, 6.45) is 4.94. The highest BCUT2D eigenvalue weighted by atomic mass is 16.3. The molecule has 1 aromatic carbocycles. The molecule has 4 aromatic rings. The predicted molar refractivity (Wildman–Crippen MR) is 129 cm³/mol. The van der Waals surface area contributed by atoms with Gasteiger partial charge in [-0.15, -0.1) is 10.2 Å². The van der Waals surface area contributed by atoms with Crippen LogP contribution in [0.2, 0.25) is 0 Å². The van der Waals surface area contributed by atoms with E-state index in [1.165, 1.54) is 11.8 Å². The van der Waals surface area contributed by atoms with Gasteiger partial charge < -0.3 is 14.3 Å². The molecule has 1 amide bonds. The Kier molecular flexibility index (Phi) is 6.40. The number of fused-ring (bicyclic) bond motifs is 2. The van der Waals surface area contributed by atoms with Gasteiger partial charge >= 0.3 is 0 Å². The van der Waals surface area contributed by atoms with E-state index in [4.69, 9.17) is 4.42 Å². The van der Waals surface area contributed by atoms with Crippen LogP contribution in [0.5, 0.6) is 0 Å². The minimum Gasteiger partial charge on any atom is -0.459 e. The van der Waals surface area contributed by atoms with Crippen molar-refractivity contribution < 1.29 is 9.21 Å². The third-order valence-corrected chi connectivity index (χ3v) is 6.29. The lowest BCUT2D eigenvalue weighted by Gasteiger charge is -2.22. The zero-order valence-electron chi connectivity index (χ0n) is 19.6. The van der Waals surface area contributed by atoms with Gasteiger partial charge in [-0.2, -0.15) is 0 Å². The summed E-state index contributed by atoms with van der Waals surface area (Å²) in [5.41, 5.74) is 2.30. The molecule has 0 saturated heterocycles. The maximum absolute atomic E-state index is 12.7. The number of nitrogens with one attached hydrogen (secondary N) is 1. The molecule has 8 nitrogen and oxygen atoms in total. The second-order valence-corrected chi connectivity index (χ2v) is 9.32. The molecule has 8 heteroatoms.